The number of aliphatic hydroxyl groups is 1. The second kappa shape index (κ2) is 3.74. The lowest BCUT2D eigenvalue weighted by Gasteiger charge is -2.03. The first kappa shape index (κ1) is 8.57. The molecule has 1 atom stereocenters. The molecule has 1 aromatic carbocycles. The summed E-state index contributed by atoms with van der Waals surface area (Å²) in [4.78, 5) is 0. The SMILES string of the molecule is COc1cccc([C@@H](O)C#N)c1. The molecule has 0 amide bonds. The summed E-state index contributed by atoms with van der Waals surface area (Å²) in [7, 11) is 1.54. The zero-order valence-corrected chi connectivity index (χ0v) is 6.69. The molecule has 1 aromatic rings. The summed E-state index contributed by atoms with van der Waals surface area (Å²) < 4.78 is 4.93. The Kier molecular flexibility index (Phi) is 2.67. The maximum absolute atomic E-state index is 9.13. The number of benzene rings is 1. The van der Waals surface area contributed by atoms with Gasteiger partial charge in [0.25, 0.3) is 0 Å². The number of nitriles is 1. The Morgan fingerprint density at radius 2 is 2.33 bits per heavy atom. The molecule has 3 nitrogen and oxygen atoms in total. The fraction of sp³-hybridized carbons (Fsp3) is 0.222. The van der Waals surface area contributed by atoms with Gasteiger partial charge in [0.2, 0.25) is 0 Å². The van der Waals surface area contributed by atoms with E-state index >= 15 is 0 Å². The van der Waals surface area contributed by atoms with Crippen LogP contribution in [0, 0.1) is 11.3 Å². The number of nitrogens with zero attached hydrogens (tertiary/aromatic N) is 1. The van der Waals surface area contributed by atoms with Gasteiger partial charge in [0.1, 0.15) is 5.75 Å². The van der Waals surface area contributed by atoms with Crippen molar-refractivity contribution in [3.63, 3.8) is 0 Å². The maximum Gasteiger partial charge on any atom is 0.166 e. The van der Waals surface area contributed by atoms with Gasteiger partial charge in [-0.2, -0.15) is 5.26 Å². The number of methoxy groups -OCH3 is 1. The van der Waals surface area contributed by atoms with E-state index in [0.29, 0.717) is 11.3 Å². The van der Waals surface area contributed by atoms with E-state index in [1.165, 1.54) is 7.11 Å². The third-order valence-electron chi connectivity index (χ3n) is 1.53. The van der Waals surface area contributed by atoms with Crippen molar-refractivity contribution < 1.29 is 9.84 Å². The highest BCUT2D eigenvalue weighted by molar-refractivity contribution is 5.31. The van der Waals surface area contributed by atoms with Crippen LogP contribution in [0.2, 0.25) is 0 Å². The highest BCUT2D eigenvalue weighted by Gasteiger charge is 2.05. The van der Waals surface area contributed by atoms with Crippen LogP contribution in [0.5, 0.6) is 5.75 Å². The summed E-state index contributed by atoms with van der Waals surface area (Å²) in [5.74, 6) is 0.641. The van der Waals surface area contributed by atoms with Crippen molar-refractivity contribution in [1.82, 2.24) is 0 Å². The van der Waals surface area contributed by atoms with Crippen LogP contribution in [-0.4, -0.2) is 12.2 Å². The average Bonchev–Trinajstić information content (AvgIpc) is 2.17. The molecule has 0 aliphatic heterocycles. The maximum atomic E-state index is 9.13. The van der Waals surface area contributed by atoms with E-state index in [-0.39, 0.29) is 0 Å². The fourth-order valence-corrected chi connectivity index (χ4v) is 0.886. The van der Waals surface area contributed by atoms with Crippen LogP contribution < -0.4 is 4.74 Å². The predicted molar refractivity (Wildman–Crippen MR) is 43.6 cm³/mol. The molecule has 1 N–H and O–H groups in total. The first-order valence-corrected chi connectivity index (χ1v) is 3.49. The Balaban J connectivity index is 2.95. The van der Waals surface area contributed by atoms with Crippen molar-refractivity contribution in [2.45, 2.75) is 6.10 Å². The van der Waals surface area contributed by atoms with Gasteiger partial charge >= 0.3 is 0 Å². The molecular formula is C9H9NO2. The van der Waals surface area contributed by atoms with E-state index < -0.39 is 6.10 Å². The fourth-order valence-electron chi connectivity index (χ4n) is 0.886. The summed E-state index contributed by atoms with van der Waals surface area (Å²) in [6.45, 7) is 0. The second-order valence-electron chi connectivity index (χ2n) is 2.31. The molecule has 0 radical (unpaired) electrons. The van der Waals surface area contributed by atoms with Crippen LogP contribution >= 0.6 is 0 Å². The van der Waals surface area contributed by atoms with Gasteiger partial charge in [0.15, 0.2) is 6.10 Å². The molecule has 0 aromatic heterocycles. The van der Waals surface area contributed by atoms with Crippen LogP contribution in [0.3, 0.4) is 0 Å². The van der Waals surface area contributed by atoms with Crippen LogP contribution in [0.4, 0.5) is 0 Å². The smallest absolute Gasteiger partial charge is 0.166 e. The molecule has 0 aliphatic rings. The molecule has 0 aliphatic carbocycles. The molecule has 0 bridgehead atoms. The van der Waals surface area contributed by atoms with Crippen molar-refractivity contribution in [2.24, 2.45) is 0 Å². The highest BCUT2D eigenvalue weighted by Crippen LogP contribution is 2.17. The molecule has 1 rings (SSSR count). The second-order valence-corrected chi connectivity index (χ2v) is 2.31. The van der Waals surface area contributed by atoms with Crippen molar-refractivity contribution in [1.29, 1.82) is 5.26 Å². The molecule has 0 spiro atoms. The summed E-state index contributed by atoms with van der Waals surface area (Å²) >= 11 is 0. The first-order valence-electron chi connectivity index (χ1n) is 3.49. The molecule has 3 heteroatoms. The van der Waals surface area contributed by atoms with Gasteiger partial charge in [-0.1, -0.05) is 12.1 Å². The van der Waals surface area contributed by atoms with Gasteiger partial charge in [-0.3, -0.25) is 0 Å². The van der Waals surface area contributed by atoms with Crippen molar-refractivity contribution in [3.05, 3.63) is 29.8 Å². The van der Waals surface area contributed by atoms with Gasteiger partial charge in [0, 0.05) is 0 Å². The highest BCUT2D eigenvalue weighted by atomic mass is 16.5. The van der Waals surface area contributed by atoms with Crippen LogP contribution in [-0.2, 0) is 0 Å². The summed E-state index contributed by atoms with van der Waals surface area (Å²) in [5.41, 5.74) is 0.553. The number of aliphatic hydroxyl groups excluding tert-OH is 1. The van der Waals surface area contributed by atoms with E-state index in [1.54, 1.807) is 30.3 Å². The number of hydrogen-bond donors (Lipinski definition) is 1. The summed E-state index contributed by atoms with van der Waals surface area (Å²) in [6, 6.07) is 8.53. The van der Waals surface area contributed by atoms with Crippen molar-refractivity contribution in [3.8, 4) is 11.8 Å². The Morgan fingerprint density at radius 1 is 1.58 bits per heavy atom. The molecule has 12 heavy (non-hydrogen) atoms. The average molecular weight is 163 g/mol. The molecular weight excluding hydrogens is 154 g/mol. The lowest BCUT2D eigenvalue weighted by molar-refractivity contribution is 0.235. The van der Waals surface area contributed by atoms with Gasteiger partial charge in [-0.05, 0) is 17.7 Å². The molecule has 0 unspecified atom stereocenters. The number of hydrogen-bond acceptors (Lipinski definition) is 3. The lowest BCUT2D eigenvalue weighted by atomic mass is 10.1. The Hall–Kier alpha value is -1.53. The Bertz CT molecular complexity index is 304. The molecule has 0 saturated carbocycles. The molecule has 0 heterocycles. The standard InChI is InChI=1S/C9H9NO2/c1-12-8-4-2-3-7(5-8)9(11)6-10/h2-5,9,11H,1H3/t9-/m0/s1. The normalized spacial score (nSPS) is 11.8. The molecule has 0 fully saturated rings. The minimum atomic E-state index is -1.07. The van der Waals surface area contributed by atoms with E-state index in [1.807, 2.05) is 0 Å². The van der Waals surface area contributed by atoms with Crippen molar-refractivity contribution >= 4 is 0 Å². The third-order valence-corrected chi connectivity index (χ3v) is 1.53. The monoisotopic (exact) mass is 163 g/mol. The molecule has 0 saturated heterocycles. The quantitative estimate of drug-likeness (QED) is 0.667. The lowest BCUT2D eigenvalue weighted by Crippen LogP contribution is -1.93. The first-order chi connectivity index (χ1) is 5.77. The van der Waals surface area contributed by atoms with Crippen molar-refractivity contribution in [2.75, 3.05) is 7.11 Å². The topological polar surface area (TPSA) is 53.2 Å². The third kappa shape index (κ3) is 1.74. The minimum Gasteiger partial charge on any atom is -0.497 e. The van der Waals surface area contributed by atoms with Gasteiger partial charge in [-0.15, -0.1) is 0 Å². The van der Waals surface area contributed by atoms with Gasteiger partial charge in [-0.25, -0.2) is 0 Å². The zero-order valence-electron chi connectivity index (χ0n) is 6.69. The van der Waals surface area contributed by atoms with Crippen LogP contribution in [0.1, 0.15) is 11.7 Å². The summed E-state index contributed by atoms with van der Waals surface area (Å²) in [5, 5.41) is 17.5. The largest absolute Gasteiger partial charge is 0.497 e. The van der Waals surface area contributed by atoms with Crippen LogP contribution in [0.15, 0.2) is 24.3 Å². The zero-order chi connectivity index (χ0) is 8.97. The van der Waals surface area contributed by atoms with Gasteiger partial charge < -0.3 is 9.84 Å². The number of ether oxygens (including phenoxy) is 1. The van der Waals surface area contributed by atoms with E-state index in [2.05, 4.69) is 0 Å². The number of rotatable bonds is 2. The van der Waals surface area contributed by atoms with Crippen LogP contribution in [0.25, 0.3) is 0 Å². The van der Waals surface area contributed by atoms with Gasteiger partial charge in [0.05, 0.1) is 13.2 Å². The Labute approximate surface area is 70.8 Å². The Morgan fingerprint density at radius 3 is 2.92 bits per heavy atom. The predicted octanol–water partition coefficient (Wildman–Crippen LogP) is 1.25. The summed E-state index contributed by atoms with van der Waals surface area (Å²) in [6.07, 6.45) is -1.07. The molecule has 62 valence electrons. The van der Waals surface area contributed by atoms with E-state index in [9.17, 15) is 0 Å². The van der Waals surface area contributed by atoms with E-state index in [4.69, 9.17) is 15.1 Å². The van der Waals surface area contributed by atoms with E-state index in [0.717, 1.165) is 0 Å². The minimum absolute atomic E-state index is 0.553.